The van der Waals surface area contributed by atoms with Crippen molar-refractivity contribution in [3.8, 4) is 11.3 Å². The molecule has 0 aliphatic heterocycles. The SMILES string of the molecule is Cc1nc2c(=O)n(Cc3ccc(F)cc3)nc(-c3ccc(F)cc3)c2s1. The second-order valence-corrected chi connectivity index (χ2v) is 7.06. The van der Waals surface area contributed by atoms with Gasteiger partial charge < -0.3 is 0 Å². The first kappa shape index (κ1) is 16.5. The molecule has 0 bridgehead atoms. The highest BCUT2D eigenvalue weighted by Crippen LogP contribution is 2.29. The summed E-state index contributed by atoms with van der Waals surface area (Å²) in [6.45, 7) is 2.02. The van der Waals surface area contributed by atoms with E-state index in [1.807, 2.05) is 6.92 Å². The lowest BCUT2D eigenvalue weighted by atomic mass is 10.1. The zero-order chi connectivity index (χ0) is 18.3. The molecule has 4 rings (SSSR count). The molecule has 2 aromatic carbocycles. The maximum Gasteiger partial charge on any atom is 0.294 e. The lowest BCUT2D eigenvalue weighted by Gasteiger charge is -2.09. The lowest BCUT2D eigenvalue weighted by Crippen LogP contribution is -2.24. The number of thiazole rings is 1. The van der Waals surface area contributed by atoms with Crippen molar-refractivity contribution in [3.63, 3.8) is 0 Å². The van der Waals surface area contributed by atoms with Crippen molar-refractivity contribution in [3.05, 3.63) is 81.1 Å². The van der Waals surface area contributed by atoms with Crippen LogP contribution in [0.3, 0.4) is 0 Å². The van der Waals surface area contributed by atoms with Crippen LogP contribution in [0.4, 0.5) is 8.78 Å². The number of hydrogen-bond acceptors (Lipinski definition) is 4. The summed E-state index contributed by atoms with van der Waals surface area (Å²) >= 11 is 1.38. The third-order valence-electron chi connectivity index (χ3n) is 3.97. The minimum Gasteiger partial charge on any atom is -0.265 e. The van der Waals surface area contributed by atoms with Gasteiger partial charge in [0.25, 0.3) is 5.56 Å². The van der Waals surface area contributed by atoms with Gasteiger partial charge in [-0.3, -0.25) is 4.79 Å². The highest BCUT2D eigenvalue weighted by molar-refractivity contribution is 7.19. The van der Waals surface area contributed by atoms with Gasteiger partial charge in [0.15, 0.2) is 5.52 Å². The van der Waals surface area contributed by atoms with Gasteiger partial charge in [-0.05, 0) is 48.9 Å². The third kappa shape index (κ3) is 3.01. The first-order valence-corrected chi connectivity index (χ1v) is 8.71. The number of halogens is 2. The largest absolute Gasteiger partial charge is 0.294 e. The summed E-state index contributed by atoms with van der Waals surface area (Å²) in [7, 11) is 0. The molecular weight excluding hydrogens is 356 g/mol. The van der Waals surface area contributed by atoms with Crippen LogP contribution in [-0.4, -0.2) is 14.8 Å². The molecule has 0 N–H and O–H groups in total. The summed E-state index contributed by atoms with van der Waals surface area (Å²) in [5, 5.41) is 5.24. The Labute approximate surface area is 151 Å². The van der Waals surface area contributed by atoms with Crippen LogP contribution in [0.25, 0.3) is 21.5 Å². The highest BCUT2D eigenvalue weighted by atomic mass is 32.1. The Bertz CT molecular complexity index is 1150. The van der Waals surface area contributed by atoms with Gasteiger partial charge in [0.05, 0.1) is 16.3 Å². The van der Waals surface area contributed by atoms with Crippen LogP contribution in [0.15, 0.2) is 53.3 Å². The average molecular weight is 369 g/mol. The van der Waals surface area contributed by atoms with Gasteiger partial charge in [0, 0.05) is 5.56 Å². The van der Waals surface area contributed by atoms with Crippen molar-refractivity contribution < 1.29 is 8.78 Å². The van der Waals surface area contributed by atoms with E-state index in [4.69, 9.17) is 0 Å². The highest BCUT2D eigenvalue weighted by Gasteiger charge is 2.16. The maximum absolute atomic E-state index is 13.3. The molecule has 0 saturated heterocycles. The molecule has 2 aromatic heterocycles. The van der Waals surface area contributed by atoms with Crippen molar-refractivity contribution >= 4 is 21.6 Å². The zero-order valence-electron chi connectivity index (χ0n) is 13.7. The average Bonchev–Trinajstić information content (AvgIpc) is 3.02. The first-order chi connectivity index (χ1) is 12.5. The molecule has 26 heavy (non-hydrogen) atoms. The Morgan fingerprint density at radius 1 is 1.00 bits per heavy atom. The van der Waals surface area contributed by atoms with Crippen LogP contribution in [0.1, 0.15) is 10.6 Å². The fourth-order valence-electron chi connectivity index (χ4n) is 2.73. The van der Waals surface area contributed by atoms with Crippen LogP contribution in [0.2, 0.25) is 0 Å². The van der Waals surface area contributed by atoms with Crippen molar-refractivity contribution in [1.82, 2.24) is 14.8 Å². The standard InChI is InChI=1S/C19H13F2N3OS/c1-11-22-17-18(26-11)16(13-4-8-15(21)9-5-13)23-24(19(17)25)10-12-2-6-14(20)7-3-12/h2-9H,10H2,1H3. The second kappa shape index (κ2) is 6.42. The molecule has 0 fully saturated rings. The molecule has 0 unspecified atom stereocenters. The summed E-state index contributed by atoms with van der Waals surface area (Å²) < 4.78 is 28.4. The van der Waals surface area contributed by atoms with Gasteiger partial charge in [-0.1, -0.05) is 12.1 Å². The lowest BCUT2D eigenvalue weighted by molar-refractivity contribution is 0.621. The quantitative estimate of drug-likeness (QED) is 0.545. The Kier molecular flexibility index (Phi) is 4.08. The van der Waals surface area contributed by atoms with E-state index in [9.17, 15) is 13.6 Å². The van der Waals surface area contributed by atoms with Crippen molar-refractivity contribution in [2.75, 3.05) is 0 Å². The van der Waals surface area contributed by atoms with E-state index >= 15 is 0 Å². The minimum atomic E-state index is -0.342. The van der Waals surface area contributed by atoms with Gasteiger partial charge in [-0.2, -0.15) is 5.10 Å². The Morgan fingerprint density at radius 3 is 2.27 bits per heavy atom. The van der Waals surface area contributed by atoms with Crippen LogP contribution >= 0.6 is 11.3 Å². The number of fused-ring (bicyclic) bond motifs is 1. The molecule has 7 heteroatoms. The molecule has 4 aromatic rings. The summed E-state index contributed by atoms with van der Waals surface area (Å²) in [6.07, 6.45) is 0. The molecule has 130 valence electrons. The van der Waals surface area contributed by atoms with E-state index in [0.717, 1.165) is 10.6 Å². The number of aryl methyl sites for hydroxylation is 1. The molecule has 0 aliphatic rings. The summed E-state index contributed by atoms with van der Waals surface area (Å²) in [5.41, 5.74) is 2.06. The van der Waals surface area contributed by atoms with E-state index < -0.39 is 0 Å². The normalized spacial score (nSPS) is 11.2. The zero-order valence-corrected chi connectivity index (χ0v) is 14.6. The monoisotopic (exact) mass is 369 g/mol. The van der Waals surface area contributed by atoms with Crippen molar-refractivity contribution in [1.29, 1.82) is 0 Å². The number of hydrogen-bond donors (Lipinski definition) is 0. The number of benzene rings is 2. The molecule has 0 amide bonds. The molecule has 0 radical (unpaired) electrons. The molecule has 2 heterocycles. The molecule has 0 atom stereocenters. The van der Waals surface area contributed by atoms with Crippen LogP contribution in [-0.2, 0) is 6.54 Å². The first-order valence-electron chi connectivity index (χ1n) is 7.90. The van der Waals surface area contributed by atoms with Gasteiger partial charge in [-0.15, -0.1) is 11.3 Å². The third-order valence-corrected chi connectivity index (χ3v) is 4.95. The molecule has 0 saturated carbocycles. The van der Waals surface area contributed by atoms with Gasteiger partial charge in [0.2, 0.25) is 0 Å². The Hall–Kier alpha value is -2.93. The fraction of sp³-hybridized carbons (Fsp3) is 0.105. The Balaban J connectivity index is 1.90. The van der Waals surface area contributed by atoms with E-state index in [0.29, 0.717) is 21.5 Å². The summed E-state index contributed by atoms with van der Waals surface area (Å²) in [6, 6.07) is 11.9. The van der Waals surface area contributed by atoms with Crippen molar-refractivity contribution in [2.24, 2.45) is 0 Å². The summed E-state index contributed by atoms with van der Waals surface area (Å²) in [5.74, 6) is -0.684. The molecular formula is C19H13F2N3OS. The van der Waals surface area contributed by atoms with Crippen LogP contribution in [0.5, 0.6) is 0 Å². The van der Waals surface area contributed by atoms with Gasteiger partial charge in [-0.25, -0.2) is 18.4 Å². The molecule has 0 aliphatic carbocycles. The minimum absolute atomic E-state index is 0.194. The number of nitrogens with zero attached hydrogens (tertiary/aromatic N) is 3. The maximum atomic E-state index is 13.3. The van der Waals surface area contributed by atoms with E-state index in [2.05, 4.69) is 10.1 Å². The Morgan fingerprint density at radius 2 is 1.62 bits per heavy atom. The van der Waals surface area contributed by atoms with E-state index in [1.54, 1.807) is 24.3 Å². The van der Waals surface area contributed by atoms with E-state index in [-0.39, 0.29) is 23.7 Å². The smallest absolute Gasteiger partial charge is 0.265 e. The van der Waals surface area contributed by atoms with Crippen molar-refractivity contribution in [2.45, 2.75) is 13.5 Å². The van der Waals surface area contributed by atoms with Gasteiger partial charge in [0.1, 0.15) is 17.3 Å². The fourth-order valence-corrected chi connectivity index (χ4v) is 3.65. The van der Waals surface area contributed by atoms with E-state index in [1.165, 1.54) is 40.3 Å². The number of aromatic nitrogens is 3. The molecule has 4 nitrogen and oxygen atoms in total. The predicted molar refractivity (Wildman–Crippen MR) is 97.3 cm³/mol. The number of rotatable bonds is 3. The summed E-state index contributed by atoms with van der Waals surface area (Å²) in [4.78, 5) is 17.1. The second-order valence-electron chi connectivity index (χ2n) is 5.86. The van der Waals surface area contributed by atoms with Crippen LogP contribution < -0.4 is 5.56 Å². The topological polar surface area (TPSA) is 47.8 Å². The molecule has 0 spiro atoms. The van der Waals surface area contributed by atoms with Gasteiger partial charge >= 0.3 is 0 Å². The van der Waals surface area contributed by atoms with Crippen LogP contribution in [0, 0.1) is 18.6 Å². The predicted octanol–water partition coefficient (Wildman–Crippen LogP) is 4.15.